The average Bonchev–Trinajstić information content (AvgIpc) is 3.11. The zero-order valence-corrected chi connectivity index (χ0v) is 13.8. The van der Waals surface area contributed by atoms with Crippen molar-refractivity contribution in [1.82, 2.24) is 30.1 Å². The Morgan fingerprint density at radius 1 is 1.12 bits per heavy atom. The van der Waals surface area contributed by atoms with Crippen LogP contribution in [-0.4, -0.2) is 30.1 Å². The molecule has 0 aliphatic carbocycles. The Labute approximate surface area is 141 Å². The zero-order valence-electron chi connectivity index (χ0n) is 13.0. The van der Waals surface area contributed by atoms with Crippen LogP contribution in [0.4, 0.5) is 17.6 Å². The van der Waals surface area contributed by atoms with Gasteiger partial charge in [-0.15, -0.1) is 16.4 Å². The summed E-state index contributed by atoms with van der Waals surface area (Å²) in [6.07, 6.45) is 1.74. The average molecular weight is 338 g/mol. The molecule has 9 heteroatoms. The fourth-order valence-electron chi connectivity index (χ4n) is 2.43. The lowest BCUT2D eigenvalue weighted by atomic mass is 10.2. The van der Waals surface area contributed by atoms with Gasteiger partial charge in [0.15, 0.2) is 5.82 Å². The molecule has 0 spiro atoms. The van der Waals surface area contributed by atoms with Gasteiger partial charge in [-0.05, 0) is 32.0 Å². The Bertz CT molecular complexity index is 1010. The number of rotatable bonds is 3. The maximum absolute atomic E-state index is 6.21. The van der Waals surface area contributed by atoms with Crippen LogP contribution in [0.2, 0.25) is 0 Å². The first-order chi connectivity index (χ1) is 11.6. The molecule has 0 saturated heterocycles. The second kappa shape index (κ2) is 5.53. The molecule has 4 aromatic rings. The van der Waals surface area contributed by atoms with Gasteiger partial charge in [-0.2, -0.15) is 4.98 Å². The monoisotopic (exact) mass is 338 g/mol. The smallest absolute Gasteiger partial charge is 0.249 e. The van der Waals surface area contributed by atoms with Gasteiger partial charge in [0.1, 0.15) is 4.83 Å². The van der Waals surface area contributed by atoms with E-state index in [4.69, 9.17) is 5.73 Å². The minimum absolute atomic E-state index is 0.389. The summed E-state index contributed by atoms with van der Waals surface area (Å²) in [7, 11) is 0. The molecular formula is C15H14N8S. The SMILES string of the molecule is Cc1cc(C)nc(Nc2n[nH]c(-c3sc4ncccc4c3N)n2)n1. The van der Waals surface area contributed by atoms with Crippen LogP contribution < -0.4 is 11.1 Å². The van der Waals surface area contributed by atoms with Crippen molar-refractivity contribution in [3.63, 3.8) is 0 Å². The number of nitrogens with zero attached hydrogens (tertiary/aromatic N) is 5. The number of aromatic amines is 1. The Hall–Kier alpha value is -3.07. The van der Waals surface area contributed by atoms with Gasteiger partial charge < -0.3 is 5.73 Å². The molecule has 0 atom stereocenters. The first-order valence-electron chi connectivity index (χ1n) is 7.25. The summed E-state index contributed by atoms with van der Waals surface area (Å²) >= 11 is 1.47. The van der Waals surface area contributed by atoms with E-state index in [1.165, 1.54) is 11.3 Å². The highest BCUT2D eigenvalue weighted by atomic mass is 32.1. The molecule has 4 heterocycles. The summed E-state index contributed by atoms with van der Waals surface area (Å²) < 4.78 is 0. The van der Waals surface area contributed by atoms with Gasteiger partial charge in [-0.3, -0.25) is 10.4 Å². The number of pyridine rings is 1. The van der Waals surface area contributed by atoms with Crippen molar-refractivity contribution in [2.45, 2.75) is 13.8 Å². The number of thiophene rings is 1. The lowest BCUT2D eigenvalue weighted by molar-refractivity contribution is 1.04. The summed E-state index contributed by atoms with van der Waals surface area (Å²) in [6.45, 7) is 3.82. The Balaban J connectivity index is 1.67. The van der Waals surface area contributed by atoms with Crippen LogP contribution >= 0.6 is 11.3 Å². The molecule has 4 rings (SSSR count). The van der Waals surface area contributed by atoms with Gasteiger partial charge in [-0.1, -0.05) is 0 Å². The first kappa shape index (κ1) is 14.5. The van der Waals surface area contributed by atoms with Crippen LogP contribution in [0.15, 0.2) is 24.4 Å². The number of fused-ring (bicyclic) bond motifs is 1. The van der Waals surface area contributed by atoms with E-state index < -0.39 is 0 Å². The van der Waals surface area contributed by atoms with Crippen molar-refractivity contribution in [2.24, 2.45) is 0 Å². The molecule has 4 N–H and O–H groups in total. The lowest BCUT2D eigenvalue weighted by Gasteiger charge is -2.02. The highest BCUT2D eigenvalue weighted by molar-refractivity contribution is 7.22. The van der Waals surface area contributed by atoms with E-state index in [0.29, 0.717) is 23.4 Å². The highest BCUT2D eigenvalue weighted by Crippen LogP contribution is 2.38. The number of hydrogen-bond acceptors (Lipinski definition) is 8. The van der Waals surface area contributed by atoms with Gasteiger partial charge in [-0.25, -0.2) is 15.0 Å². The third-order valence-electron chi connectivity index (χ3n) is 3.41. The van der Waals surface area contributed by atoms with Gasteiger partial charge in [0, 0.05) is 23.0 Å². The zero-order chi connectivity index (χ0) is 16.7. The number of nitrogen functional groups attached to an aromatic ring is 1. The van der Waals surface area contributed by atoms with E-state index in [1.54, 1.807) is 6.20 Å². The number of aryl methyl sites for hydroxylation is 2. The molecule has 4 aromatic heterocycles. The molecule has 8 nitrogen and oxygen atoms in total. The van der Waals surface area contributed by atoms with Crippen molar-refractivity contribution in [3.05, 3.63) is 35.8 Å². The largest absolute Gasteiger partial charge is 0.397 e. The first-order valence-corrected chi connectivity index (χ1v) is 8.07. The van der Waals surface area contributed by atoms with Gasteiger partial charge in [0.2, 0.25) is 11.9 Å². The summed E-state index contributed by atoms with van der Waals surface area (Å²) in [5, 5.41) is 11.0. The van der Waals surface area contributed by atoms with E-state index in [2.05, 4.69) is 35.5 Å². The highest BCUT2D eigenvalue weighted by Gasteiger charge is 2.16. The number of H-pyrrole nitrogens is 1. The Morgan fingerprint density at radius 3 is 2.67 bits per heavy atom. The van der Waals surface area contributed by atoms with Crippen molar-refractivity contribution in [3.8, 4) is 10.7 Å². The number of nitrogens with one attached hydrogen (secondary N) is 2. The fraction of sp³-hybridized carbons (Fsp3) is 0.133. The fourth-order valence-corrected chi connectivity index (χ4v) is 3.43. The normalized spacial score (nSPS) is 11.1. The topological polar surface area (TPSA) is 118 Å². The van der Waals surface area contributed by atoms with Gasteiger partial charge in [0.25, 0.3) is 0 Å². The maximum atomic E-state index is 6.21. The van der Waals surface area contributed by atoms with Crippen LogP contribution in [-0.2, 0) is 0 Å². The van der Waals surface area contributed by atoms with E-state index in [-0.39, 0.29) is 0 Å². The molecule has 0 fully saturated rings. The van der Waals surface area contributed by atoms with Gasteiger partial charge in [0.05, 0.1) is 10.6 Å². The standard InChI is InChI=1S/C15H14N8S/c1-7-6-8(2)19-14(18-7)21-15-20-12(22-23-15)11-10(16)9-4-3-5-17-13(9)24-11/h3-6H,16H2,1-2H3,(H2,18,19,20,21,22,23). The molecular weight excluding hydrogens is 324 g/mol. The number of nitrogens with two attached hydrogens (primary N) is 1. The molecule has 0 saturated carbocycles. The minimum atomic E-state index is 0.389. The predicted molar refractivity (Wildman–Crippen MR) is 94.2 cm³/mol. The number of anilines is 3. The van der Waals surface area contributed by atoms with Gasteiger partial charge >= 0.3 is 0 Å². The molecule has 0 aromatic carbocycles. The van der Waals surface area contributed by atoms with Crippen molar-refractivity contribution in [2.75, 3.05) is 11.1 Å². The molecule has 0 radical (unpaired) electrons. The molecule has 0 bridgehead atoms. The second-order valence-corrected chi connectivity index (χ2v) is 6.31. The third kappa shape index (κ3) is 2.54. The Morgan fingerprint density at radius 2 is 1.92 bits per heavy atom. The van der Waals surface area contributed by atoms with Crippen molar-refractivity contribution >= 4 is 39.1 Å². The van der Waals surface area contributed by atoms with Crippen molar-refractivity contribution < 1.29 is 0 Å². The molecule has 120 valence electrons. The molecule has 0 aliphatic heterocycles. The van der Waals surface area contributed by atoms with Crippen LogP contribution in [0.1, 0.15) is 11.4 Å². The lowest BCUT2D eigenvalue weighted by Crippen LogP contribution is -2.01. The van der Waals surface area contributed by atoms with Crippen LogP contribution in [0.25, 0.3) is 20.9 Å². The van der Waals surface area contributed by atoms with Crippen LogP contribution in [0.3, 0.4) is 0 Å². The summed E-state index contributed by atoms with van der Waals surface area (Å²) in [4.78, 5) is 19.1. The van der Waals surface area contributed by atoms with E-state index in [9.17, 15) is 0 Å². The summed E-state index contributed by atoms with van der Waals surface area (Å²) in [6, 6.07) is 5.70. The Kier molecular flexibility index (Phi) is 3.35. The summed E-state index contributed by atoms with van der Waals surface area (Å²) in [5.41, 5.74) is 8.61. The number of aromatic nitrogens is 6. The predicted octanol–water partition coefficient (Wildman–Crippen LogP) is 2.81. The molecule has 0 amide bonds. The van der Waals surface area contributed by atoms with Crippen molar-refractivity contribution in [1.29, 1.82) is 0 Å². The second-order valence-electron chi connectivity index (χ2n) is 5.31. The number of hydrogen-bond donors (Lipinski definition) is 3. The van der Waals surface area contributed by atoms with Crippen LogP contribution in [0.5, 0.6) is 0 Å². The van der Waals surface area contributed by atoms with E-state index in [0.717, 1.165) is 26.5 Å². The molecule has 0 aliphatic rings. The minimum Gasteiger partial charge on any atom is -0.397 e. The summed E-state index contributed by atoms with van der Waals surface area (Å²) in [5.74, 6) is 1.44. The van der Waals surface area contributed by atoms with E-state index in [1.807, 2.05) is 32.0 Å². The molecule has 0 unspecified atom stereocenters. The van der Waals surface area contributed by atoms with E-state index >= 15 is 0 Å². The quantitative estimate of drug-likeness (QED) is 0.525. The van der Waals surface area contributed by atoms with Crippen LogP contribution in [0, 0.1) is 13.8 Å². The maximum Gasteiger partial charge on any atom is 0.249 e. The molecule has 24 heavy (non-hydrogen) atoms. The third-order valence-corrected chi connectivity index (χ3v) is 4.55.